The number of halogens is 1. The second-order valence-corrected chi connectivity index (χ2v) is 6.93. The van der Waals surface area contributed by atoms with Crippen LogP contribution in [0.2, 0.25) is 0 Å². The summed E-state index contributed by atoms with van der Waals surface area (Å²) in [6.07, 6.45) is 6.59. The number of nitrogens with one attached hydrogen (secondary N) is 2. The lowest BCUT2D eigenvalue weighted by molar-refractivity contribution is 0.502. The van der Waals surface area contributed by atoms with Crippen molar-refractivity contribution in [2.45, 2.75) is 38.1 Å². The molecule has 0 atom stereocenters. The summed E-state index contributed by atoms with van der Waals surface area (Å²) in [6, 6.07) is 8.86. The first kappa shape index (κ1) is 16.1. The van der Waals surface area contributed by atoms with Crippen molar-refractivity contribution in [3.05, 3.63) is 46.5 Å². The molecular weight excluding hydrogens is 326 g/mol. The average Bonchev–Trinajstić information content (AvgIpc) is 2.96. The summed E-state index contributed by atoms with van der Waals surface area (Å²) in [5, 5.41) is 6.92. The molecule has 114 valence electrons. The van der Waals surface area contributed by atoms with E-state index in [2.05, 4.69) is 75.8 Å². The van der Waals surface area contributed by atoms with Crippen LogP contribution in [0.3, 0.4) is 0 Å². The standard InChI is InChI=1S/C17H24BrN3/c1-17(2,14-10-6-7-11-15(14)18)12-20-16(19-3)21-13-8-4-5-9-13/h4-7,10-11,13H,8-9,12H2,1-3H3,(H2,19,20,21). The summed E-state index contributed by atoms with van der Waals surface area (Å²) in [5.41, 5.74) is 1.32. The van der Waals surface area contributed by atoms with Crippen molar-refractivity contribution >= 4 is 21.9 Å². The van der Waals surface area contributed by atoms with Gasteiger partial charge in [-0.25, -0.2) is 0 Å². The lowest BCUT2D eigenvalue weighted by atomic mass is 9.84. The third-order valence-corrected chi connectivity index (χ3v) is 4.56. The van der Waals surface area contributed by atoms with Gasteiger partial charge in [0.1, 0.15) is 0 Å². The highest BCUT2D eigenvalue weighted by atomic mass is 79.9. The summed E-state index contributed by atoms with van der Waals surface area (Å²) in [7, 11) is 1.82. The van der Waals surface area contributed by atoms with E-state index in [-0.39, 0.29) is 5.41 Å². The van der Waals surface area contributed by atoms with Gasteiger partial charge in [0.25, 0.3) is 0 Å². The summed E-state index contributed by atoms with van der Waals surface area (Å²) in [5.74, 6) is 0.879. The first-order chi connectivity index (χ1) is 10.0. The number of guanidine groups is 1. The molecule has 0 heterocycles. The van der Waals surface area contributed by atoms with Gasteiger partial charge in [0.2, 0.25) is 0 Å². The van der Waals surface area contributed by atoms with E-state index in [0.29, 0.717) is 6.04 Å². The molecule has 1 aliphatic carbocycles. The highest BCUT2D eigenvalue weighted by Gasteiger charge is 2.23. The molecule has 2 rings (SSSR count). The summed E-state index contributed by atoms with van der Waals surface area (Å²) >= 11 is 3.65. The number of nitrogens with zero attached hydrogens (tertiary/aromatic N) is 1. The maximum atomic E-state index is 4.33. The maximum Gasteiger partial charge on any atom is 0.191 e. The zero-order chi connectivity index (χ0) is 15.3. The zero-order valence-corrected chi connectivity index (χ0v) is 14.6. The zero-order valence-electron chi connectivity index (χ0n) is 13.0. The van der Waals surface area contributed by atoms with Crippen LogP contribution in [0.1, 0.15) is 32.3 Å². The number of aliphatic imine (C=N–C) groups is 1. The number of rotatable bonds is 4. The predicted octanol–water partition coefficient (Wildman–Crippen LogP) is 3.61. The quantitative estimate of drug-likeness (QED) is 0.494. The van der Waals surface area contributed by atoms with E-state index in [1.54, 1.807) is 0 Å². The number of hydrogen-bond acceptors (Lipinski definition) is 1. The summed E-state index contributed by atoms with van der Waals surface area (Å²) < 4.78 is 1.15. The van der Waals surface area contributed by atoms with Crippen molar-refractivity contribution in [2.24, 2.45) is 4.99 Å². The van der Waals surface area contributed by atoms with E-state index in [1.807, 2.05) is 13.1 Å². The molecule has 0 radical (unpaired) electrons. The molecule has 0 spiro atoms. The normalized spacial score (nSPS) is 16.3. The highest BCUT2D eigenvalue weighted by molar-refractivity contribution is 9.10. The molecule has 3 nitrogen and oxygen atoms in total. The van der Waals surface area contributed by atoms with Crippen LogP contribution in [0.25, 0.3) is 0 Å². The van der Waals surface area contributed by atoms with Gasteiger partial charge < -0.3 is 10.6 Å². The van der Waals surface area contributed by atoms with Crippen molar-refractivity contribution in [1.82, 2.24) is 10.6 Å². The molecule has 1 aromatic carbocycles. The van der Waals surface area contributed by atoms with E-state index in [9.17, 15) is 0 Å². The van der Waals surface area contributed by atoms with Gasteiger partial charge in [0.15, 0.2) is 5.96 Å². The molecule has 1 aromatic rings. The van der Waals surface area contributed by atoms with Crippen LogP contribution in [0.15, 0.2) is 45.9 Å². The molecule has 21 heavy (non-hydrogen) atoms. The Labute approximate surface area is 136 Å². The third-order valence-electron chi connectivity index (χ3n) is 3.87. The third kappa shape index (κ3) is 4.34. The Balaban J connectivity index is 1.95. The van der Waals surface area contributed by atoms with Crippen LogP contribution in [-0.4, -0.2) is 25.6 Å². The van der Waals surface area contributed by atoms with Crippen LogP contribution in [0.5, 0.6) is 0 Å². The van der Waals surface area contributed by atoms with Crippen molar-refractivity contribution in [2.75, 3.05) is 13.6 Å². The van der Waals surface area contributed by atoms with Crippen LogP contribution in [0, 0.1) is 0 Å². The van der Waals surface area contributed by atoms with E-state index < -0.39 is 0 Å². The smallest absolute Gasteiger partial charge is 0.191 e. The van der Waals surface area contributed by atoms with E-state index in [0.717, 1.165) is 29.8 Å². The molecule has 4 heteroatoms. The molecule has 0 aliphatic heterocycles. The van der Waals surface area contributed by atoms with Gasteiger partial charge >= 0.3 is 0 Å². The Morgan fingerprint density at radius 3 is 2.57 bits per heavy atom. The second-order valence-electron chi connectivity index (χ2n) is 6.07. The second kappa shape index (κ2) is 7.12. The van der Waals surface area contributed by atoms with Gasteiger partial charge in [-0.05, 0) is 24.5 Å². The Hall–Kier alpha value is -1.29. The fourth-order valence-corrected chi connectivity index (χ4v) is 3.35. The fraction of sp³-hybridized carbons (Fsp3) is 0.471. The van der Waals surface area contributed by atoms with Gasteiger partial charge in [0.05, 0.1) is 0 Å². The predicted molar refractivity (Wildman–Crippen MR) is 93.8 cm³/mol. The van der Waals surface area contributed by atoms with E-state index in [4.69, 9.17) is 0 Å². The van der Waals surface area contributed by atoms with Gasteiger partial charge in [0, 0.05) is 29.5 Å². The SMILES string of the molecule is CN=C(NCC(C)(C)c1ccccc1Br)NC1CC=CC1. The molecule has 0 saturated carbocycles. The Bertz CT molecular complexity index is 527. The van der Waals surface area contributed by atoms with E-state index in [1.165, 1.54) is 5.56 Å². The Kier molecular flexibility index (Phi) is 5.45. The van der Waals surface area contributed by atoms with E-state index >= 15 is 0 Å². The molecule has 0 saturated heterocycles. The molecule has 2 N–H and O–H groups in total. The molecule has 0 amide bonds. The lowest BCUT2D eigenvalue weighted by Gasteiger charge is -2.28. The largest absolute Gasteiger partial charge is 0.356 e. The van der Waals surface area contributed by atoms with Gasteiger partial charge in [-0.2, -0.15) is 0 Å². The van der Waals surface area contributed by atoms with Gasteiger partial charge in [-0.3, -0.25) is 4.99 Å². The summed E-state index contributed by atoms with van der Waals surface area (Å²) in [4.78, 5) is 4.33. The lowest BCUT2D eigenvalue weighted by Crippen LogP contribution is -2.46. The minimum absolute atomic E-state index is 0.0195. The number of hydrogen-bond donors (Lipinski definition) is 2. The van der Waals surface area contributed by atoms with Gasteiger partial charge in [-0.15, -0.1) is 0 Å². The monoisotopic (exact) mass is 349 g/mol. The maximum absolute atomic E-state index is 4.33. The number of benzene rings is 1. The molecular formula is C17H24BrN3. The van der Waals surface area contributed by atoms with Crippen molar-refractivity contribution in [3.8, 4) is 0 Å². The van der Waals surface area contributed by atoms with Crippen molar-refractivity contribution in [1.29, 1.82) is 0 Å². The van der Waals surface area contributed by atoms with Crippen LogP contribution >= 0.6 is 15.9 Å². The topological polar surface area (TPSA) is 36.4 Å². The highest BCUT2D eigenvalue weighted by Crippen LogP contribution is 2.29. The first-order valence-corrected chi connectivity index (χ1v) is 8.19. The van der Waals surface area contributed by atoms with Crippen LogP contribution in [0.4, 0.5) is 0 Å². The average molecular weight is 350 g/mol. The Morgan fingerprint density at radius 1 is 1.29 bits per heavy atom. The van der Waals surface area contributed by atoms with Crippen LogP contribution in [-0.2, 0) is 5.41 Å². The molecule has 0 aromatic heterocycles. The molecule has 0 unspecified atom stereocenters. The van der Waals surface area contributed by atoms with Crippen molar-refractivity contribution in [3.63, 3.8) is 0 Å². The van der Waals surface area contributed by atoms with Crippen LogP contribution < -0.4 is 10.6 Å². The fourth-order valence-electron chi connectivity index (χ4n) is 2.53. The molecule has 0 bridgehead atoms. The summed E-state index contributed by atoms with van der Waals surface area (Å²) in [6.45, 7) is 5.31. The van der Waals surface area contributed by atoms with Gasteiger partial charge in [-0.1, -0.05) is 60.1 Å². The molecule has 1 aliphatic rings. The molecule has 0 fully saturated rings. The minimum Gasteiger partial charge on any atom is -0.356 e. The minimum atomic E-state index is 0.0195. The first-order valence-electron chi connectivity index (χ1n) is 7.40. The Morgan fingerprint density at radius 2 is 1.95 bits per heavy atom. The van der Waals surface area contributed by atoms with Crippen molar-refractivity contribution < 1.29 is 0 Å².